The van der Waals surface area contributed by atoms with Gasteiger partial charge in [-0.05, 0) is 5.92 Å². The summed E-state index contributed by atoms with van der Waals surface area (Å²) in [5.41, 5.74) is 4.91. The lowest BCUT2D eigenvalue weighted by molar-refractivity contribution is -0.120. The molecule has 0 saturated carbocycles. The molecule has 5 heteroatoms. The first-order valence-corrected chi connectivity index (χ1v) is 3.76. The predicted octanol–water partition coefficient (Wildman–Crippen LogP) is -0.227. The third kappa shape index (κ3) is 4.54. The molecule has 0 fully saturated rings. The van der Waals surface area contributed by atoms with Gasteiger partial charge in [0.15, 0.2) is 0 Å². The Morgan fingerprint density at radius 3 is 2.00 bits per heavy atom. The van der Waals surface area contributed by atoms with Crippen molar-refractivity contribution in [2.75, 3.05) is 0 Å². The summed E-state index contributed by atoms with van der Waals surface area (Å²) in [6.07, 6.45) is -0.389. The van der Waals surface area contributed by atoms with Gasteiger partial charge < -0.3 is 16.4 Å². The van der Waals surface area contributed by atoms with Crippen LogP contribution >= 0.6 is 0 Å². The molecular weight excluding hydrogens is 158 g/mol. The zero-order valence-corrected chi connectivity index (χ0v) is 7.55. The van der Waals surface area contributed by atoms with Crippen LogP contribution in [0, 0.1) is 5.92 Å². The molecule has 0 bridgehead atoms. The lowest BCUT2D eigenvalue weighted by Gasteiger charge is -2.21. The van der Waals surface area contributed by atoms with Crippen molar-refractivity contribution in [3.05, 3.63) is 0 Å². The number of primary amides is 1. The van der Waals surface area contributed by atoms with E-state index in [-0.39, 0.29) is 18.0 Å². The van der Waals surface area contributed by atoms with Crippen molar-refractivity contribution in [2.24, 2.45) is 11.7 Å². The van der Waals surface area contributed by atoms with Crippen molar-refractivity contribution in [2.45, 2.75) is 26.9 Å². The van der Waals surface area contributed by atoms with E-state index in [0.29, 0.717) is 0 Å². The summed E-state index contributed by atoms with van der Waals surface area (Å²) in [5, 5.41) is 4.98. The predicted molar refractivity (Wildman–Crippen MR) is 45.2 cm³/mol. The number of hydrogen-bond donors (Lipinski definition) is 3. The zero-order valence-electron chi connectivity index (χ0n) is 7.55. The van der Waals surface area contributed by atoms with Gasteiger partial charge in [-0.2, -0.15) is 0 Å². The standard InChI is InChI=1S/C7H15N3O2/c1-4(2)6(9-5(3)11)10-7(8)12/h4,6H,1-3H3,(H,9,11)(H3,8,10,12). The Morgan fingerprint density at radius 1 is 1.25 bits per heavy atom. The van der Waals surface area contributed by atoms with Gasteiger partial charge in [-0.3, -0.25) is 4.79 Å². The van der Waals surface area contributed by atoms with Gasteiger partial charge in [0.2, 0.25) is 5.91 Å². The summed E-state index contributed by atoms with van der Waals surface area (Å²) in [6.45, 7) is 5.13. The van der Waals surface area contributed by atoms with Crippen molar-refractivity contribution in [1.29, 1.82) is 0 Å². The van der Waals surface area contributed by atoms with E-state index in [1.54, 1.807) is 0 Å². The van der Waals surface area contributed by atoms with Crippen LogP contribution in [0.5, 0.6) is 0 Å². The van der Waals surface area contributed by atoms with E-state index >= 15 is 0 Å². The van der Waals surface area contributed by atoms with Crippen LogP contribution in [0.1, 0.15) is 20.8 Å². The smallest absolute Gasteiger partial charge is 0.313 e. The maximum Gasteiger partial charge on any atom is 0.313 e. The molecule has 3 amide bonds. The Balaban J connectivity index is 4.04. The Labute approximate surface area is 71.7 Å². The molecule has 5 nitrogen and oxygen atoms in total. The molecule has 0 radical (unpaired) electrons. The Bertz CT molecular complexity index is 163. The highest BCUT2D eigenvalue weighted by Crippen LogP contribution is 1.96. The van der Waals surface area contributed by atoms with E-state index in [1.807, 2.05) is 13.8 Å². The highest BCUT2D eigenvalue weighted by molar-refractivity contribution is 5.75. The van der Waals surface area contributed by atoms with E-state index in [2.05, 4.69) is 10.6 Å². The summed E-state index contributed by atoms with van der Waals surface area (Å²) >= 11 is 0. The highest BCUT2D eigenvalue weighted by atomic mass is 16.2. The molecule has 0 heterocycles. The summed E-state index contributed by atoms with van der Waals surface area (Å²) in [6, 6.07) is -0.637. The molecule has 1 unspecified atom stereocenters. The number of nitrogens with two attached hydrogens (primary N) is 1. The fourth-order valence-corrected chi connectivity index (χ4v) is 0.742. The quantitative estimate of drug-likeness (QED) is 0.515. The molecule has 0 aromatic heterocycles. The Morgan fingerprint density at radius 2 is 1.75 bits per heavy atom. The number of urea groups is 1. The molecule has 0 aliphatic rings. The van der Waals surface area contributed by atoms with Gasteiger partial charge in [0, 0.05) is 6.92 Å². The molecular formula is C7H15N3O2. The van der Waals surface area contributed by atoms with E-state index in [9.17, 15) is 9.59 Å². The van der Waals surface area contributed by atoms with E-state index in [4.69, 9.17) is 5.73 Å². The maximum absolute atomic E-state index is 10.6. The molecule has 0 aromatic rings. The number of carbonyl (C=O) groups excluding carboxylic acids is 2. The molecule has 0 rings (SSSR count). The number of carbonyl (C=O) groups is 2. The van der Waals surface area contributed by atoms with Crippen molar-refractivity contribution < 1.29 is 9.59 Å². The van der Waals surface area contributed by atoms with E-state index in [1.165, 1.54) is 6.92 Å². The average Bonchev–Trinajstić information content (AvgIpc) is 1.83. The average molecular weight is 173 g/mol. The maximum atomic E-state index is 10.6. The van der Waals surface area contributed by atoms with Crippen LogP contribution in [-0.2, 0) is 4.79 Å². The van der Waals surface area contributed by atoms with Crippen molar-refractivity contribution in [1.82, 2.24) is 10.6 Å². The van der Waals surface area contributed by atoms with Gasteiger partial charge in [0.05, 0.1) is 0 Å². The fraction of sp³-hybridized carbons (Fsp3) is 0.714. The number of nitrogens with one attached hydrogen (secondary N) is 2. The van der Waals surface area contributed by atoms with Gasteiger partial charge in [-0.1, -0.05) is 13.8 Å². The summed E-state index contributed by atoms with van der Waals surface area (Å²) in [4.78, 5) is 21.1. The first kappa shape index (κ1) is 10.7. The van der Waals surface area contributed by atoms with Crippen LogP contribution in [0.15, 0.2) is 0 Å². The largest absolute Gasteiger partial charge is 0.352 e. The summed E-state index contributed by atoms with van der Waals surface area (Å²) < 4.78 is 0. The molecule has 0 spiro atoms. The Kier molecular flexibility index (Phi) is 4.10. The summed E-state index contributed by atoms with van der Waals surface area (Å²) in [7, 11) is 0. The van der Waals surface area contributed by atoms with Gasteiger partial charge in [-0.25, -0.2) is 4.79 Å². The van der Waals surface area contributed by atoms with Crippen LogP contribution in [-0.4, -0.2) is 18.1 Å². The Hall–Kier alpha value is -1.26. The lowest BCUT2D eigenvalue weighted by Crippen LogP contribution is -2.52. The van der Waals surface area contributed by atoms with Gasteiger partial charge >= 0.3 is 6.03 Å². The first-order chi connectivity index (χ1) is 5.43. The summed E-state index contributed by atoms with van der Waals surface area (Å²) in [5.74, 6) is -0.0798. The molecule has 0 aromatic carbocycles. The molecule has 1 atom stereocenters. The van der Waals surface area contributed by atoms with Crippen molar-refractivity contribution in [3.8, 4) is 0 Å². The van der Waals surface area contributed by atoms with Crippen LogP contribution in [0.4, 0.5) is 4.79 Å². The minimum atomic E-state index is -0.637. The third-order valence-corrected chi connectivity index (χ3v) is 1.32. The van der Waals surface area contributed by atoms with Crippen molar-refractivity contribution >= 4 is 11.9 Å². The molecule has 12 heavy (non-hydrogen) atoms. The molecule has 0 saturated heterocycles. The van der Waals surface area contributed by atoms with Crippen LogP contribution < -0.4 is 16.4 Å². The second-order valence-corrected chi connectivity index (χ2v) is 2.93. The normalized spacial score (nSPS) is 12.3. The fourth-order valence-electron chi connectivity index (χ4n) is 0.742. The van der Waals surface area contributed by atoms with Gasteiger partial charge in [0.25, 0.3) is 0 Å². The number of hydrogen-bond acceptors (Lipinski definition) is 2. The minimum Gasteiger partial charge on any atom is -0.352 e. The highest BCUT2D eigenvalue weighted by Gasteiger charge is 2.14. The van der Waals surface area contributed by atoms with Crippen LogP contribution in [0.3, 0.4) is 0 Å². The first-order valence-electron chi connectivity index (χ1n) is 3.76. The molecule has 0 aliphatic carbocycles. The minimum absolute atomic E-state index is 0.112. The van der Waals surface area contributed by atoms with Crippen molar-refractivity contribution in [3.63, 3.8) is 0 Å². The molecule has 70 valence electrons. The van der Waals surface area contributed by atoms with Gasteiger partial charge in [-0.15, -0.1) is 0 Å². The van der Waals surface area contributed by atoms with Crippen LogP contribution in [0.2, 0.25) is 0 Å². The second-order valence-electron chi connectivity index (χ2n) is 2.93. The van der Waals surface area contributed by atoms with E-state index < -0.39 is 6.03 Å². The second kappa shape index (κ2) is 4.58. The van der Waals surface area contributed by atoms with Gasteiger partial charge in [0.1, 0.15) is 6.17 Å². The van der Waals surface area contributed by atoms with E-state index in [0.717, 1.165) is 0 Å². The SMILES string of the molecule is CC(=O)NC(NC(N)=O)C(C)C. The molecule has 0 aliphatic heterocycles. The number of amides is 3. The third-order valence-electron chi connectivity index (χ3n) is 1.32. The molecule has 4 N–H and O–H groups in total. The number of rotatable bonds is 3. The topological polar surface area (TPSA) is 84.2 Å². The zero-order chi connectivity index (χ0) is 9.72. The lowest BCUT2D eigenvalue weighted by atomic mass is 10.1. The van der Waals surface area contributed by atoms with Crippen LogP contribution in [0.25, 0.3) is 0 Å². The monoisotopic (exact) mass is 173 g/mol.